The number of nitrogens with zero attached hydrogens (tertiary/aromatic N) is 2. The minimum atomic E-state index is -2.52. The molecule has 3 atom stereocenters. The van der Waals surface area contributed by atoms with Gasteiger partial charge in [0.05, 0.1) is 13.7 Å². The number of nitrogens with one attached hydrogen (secondary N) is 1. The van der Waals surface area contributed by atoms with Gasteiger partial charge in [-0.25, -0.2) is 0 Å². The van der Waals surface area contributed by atoms with Gasteiger partial charge in [0.15, 0.2) is 0 Å². The van der Waals surface area contributed by atoms with Crippen molar-refractivity contribution in [3.8, 4) is 0 Å². The van der Waals surface area contributed by atoms with Crippen LogP contribution in [0.15, 0.2) is 18.2 Å². The molecule has 6 N–H and O–H groups in total. The number of carbonyl (C=O) groups is 5. The SMILES string of the molecule is CC(C)(C)OC=O.CCC.CCC(=O)OC(C)(C)C.CCCCCCC(C)CC.CCCN(CCN(CCC)C(CCC(=O)NCc1ccc(C(N)Cl)c[c]1[Sn]([CH3])([CH3])[CH3])C(=O)O)CC(=O)OC.CN. The molecule has 16 heteroatoms. The van der Waals surface area contributed by atoms with Crippen LogP contribution in [0, 0.1) is 5.92 Å². The number of carbonyl (C=O) groups excluding carboxylic acids is 4. The summed E-state index contributed by atoms with van der Waals surface area (Å²) in [6.07, 6.45) is 12.1. The molecule has 0 fully saturated rings. The molecule has 3 unspecified atom stereocenters. The van der Waals surface area contributed by atoms with Gasteiger partial charge in [0.1, 0.15) is 11.2 Å². The number of ether oxygens (including phenoxy) is 3. The molecule has 0 aliphatic carbocycles. The van der Waals surface area contributed by atoms with E-state index in [1.54, 1.807) is 6.92 Å². The van der Waals surface area contributed by atoms with E-state index in [-0.39, 0.29) is 48.4 Å². The van der Waals surface area contributed by atoms with Crippen LogP contribution in [0.2, 0.25) is 14.8 Å². The molecule has 0 aliphatic heterocycles. The van der Waals surface area contributed by atoms with Crippen molar-refractivity contribution in [2.24, 2.45) is 17.4 Å². The van der Waals surface area contributed by atoms with Crippen LogP contribution < -0.4 is 20.4 Å². The Hall–Kier alpha value is -2.50. The summed E-state index contributed by atoms with van der Waals surface area (Å²) < 4.78 is 15.5. The van der Waals surface area contributed by atoms with Gasteiger partial charge < -0.3 is 19.9 Å². The molecule has 0 heterocycles. The first kappa shape index (κ1) is 75.4. The molecule has 0 saturated carbocycles. The molecular weight excluding hydrogens is 1000 g/mol. The van der Waals surface area contributed by atoms with E-state index in [1.807, 2.05) is 77.3 Å². The Balaban J connectivity index is -0.000000353. The number of methoxy groups -OCH3 is 1. The van der Waals surface area contributed by atoms with E-state index >= 15 is 0 Å². The molecule has 1 rings (SSSR count). The van der Waals surface area contributed by atoms with Gasteiger partial charge in [-0.2, -0.15) is 0 Å². The van der Waals surface area contributed by atoms with Gasteiger partial charge in [-0.15, -0.1) is 0 Å². The minimum Gasteiger partial charge on any atom is -0.468 e. The summed E-state index contributed by atoms with van der Waals surface area (Å²) >= 11 is 3.57. The maximum Gasteiger partial charge on any atom is 0.319 e. The zero-order chi connectivity index (χ0) is 54.8. The zero-order valence-electron chi connectivity index (χ0n) is 47.4. The fourth-order valence-electron chi connectivity index (χ4n) is 6.13. The third-order valence-corrected chi connectivity index (χ3v) is 16.0. The molecule has 0 saturated heterocycles. The van der Waals surface area contributed by atoms with Crippen LogP contribution in [0.5, 0.6) is 0 Å². The van der Waals surface area contributed by atoms with Crippen molar-refractivity contribution >= 4 is 63.8 Å². The van der Waals surface area contributed by atoms with Crippen LogP contribution in [0.3, 0.4) is 0 Å². The molecule has 1 aromatic carbocycles. The van der Waals surface area contributed by atoms with Crippen molar-refractivity contribution in [3.05, 3.63) is 29.3 Å². The Bertz CT molecular complexity index is 1450. The molecule has 408 valence electrons. The second kappa shape index (κ2) is 45.4. The third-order valence-electron chi connectivity index (χ3n) is 9.80. The van der Waals surface area contributed by atoms with Crippen molar-refractivity contribution in [3.63, 3.8) is 0 Å². The molecule has 1 aromatic rings. The van der Waals surface area contributed by atoms with Crippen LogP contribution in [0.1, 0.15) is 191 Å². The molecule has 0 aromatic heterocycles. The smallest absolute Gasteiger partial charge is 0.319 e. The number of aliphatic carboxylic acids is 1. The summed E-state index contributed by atoms with van der Waals surface area (Å²) in [5, 5.41) is 12.9. The van der Waals surface area contributed by atoms with Gasteiger partial charge in [-0.1, -0.05) is 93.4 Å². The van der Waals surface area contributed by atoms with E-state index in [0.29, 0.717) is 45.6 Å². The molecule has 0 bridgehead atoms. The first-order valence-electron chi connectivity index (χ1n) is 25.5. The second-order valence-corrected chi connectivity index (χ2v) is 34.8. The van der Waals surface area contributed by atoms with Gasteiger partial charge in [0.25, 0.3) is 6.47 Å². The van der Waals surface area contributed by atoms with Gasteiger partial charge in [0, 0.05) is 6.42 Å². The Morgan fingerprint density at radius 1 is 0.826 bits per heavy atom. The van der Waals surface area contributed by atoms with Gasteiger partial charge in [0.2, 0.25) is 0 Å². The molecule has 14 nitrogen and oxygen atoms in total. The number of alkyl halides is 1. The minimum absolute atomic E-state index is 0.108. The molecule has 0 aliphatic rings. The fourth-order valence-corrected chi connectivity index (χ4v) is 11.2. The summed E-state index contributed by atoms with van der Waals surface area (Å²) in [4.78, 5) is 67.6. The number of unbranched alkanes of at least 4 members (excludes halogenated alkanes) is 3. The largest absolute Gasteiger partial charge is 0.468 e. The summed E-state index contributed by atoms with van der Waals surface area (Å²) in [6.45, 7) is 31.4. The second-order valence-electron chi connectivity index (χ2n) is 20.0. The van der Waals surface area contributed by atoms with Crippen LogP contribution >= 0.6 is 11.6 Å². The number of carboxylic acid groups (broad SMARTS) is 1. The van der Waals surface area contributed by atoms with Crippen LogP contribution in [-0.4, -0.2) is 128 Å². The number of halogens is 1. The average Bonchev–Trinajstić information content (AvgIpc) is 3.26. The maximum atomic E-state index is 12.8. The Morgan fingerprint density at radius 2 is 1.39 bits per heavy atom. The molecule has 69 heavy (non-hydrogen) atoms. The molecule has 0 spiro atoms. The number of hydrogen-bond acceptors (Lipinski definition) is 12. The number of nitrogens with two attached hydrogens (primary N) is 2. The van der Waals surface area contributed by atoms with Gasteiger partial charge in [-0.05, 0) is 67.5 Å². The predicted molar refractivity (Wildman–Crippen MR) is 293 cm³/mol. The topological polar surface area (TPSA) is 204 Å². The standard InChI is InChI=1S/C24H38ClN4O5.C10H22.C7H14O2.C5H10O2.C3H8.CH5N.3CH3.Sn/c1-4-12-28(17-22(31)34-3)14-15-29(13-5-2)20(24(32)33)10-11-21(30)27-16-18-6-8-19(9-7-18)23(25)26;1-4-6-7-8-9-10(3)5-2;1-5-6(8)9-7(2,3)4;1-5(2,3)7-4-6;1-3-2;1-2;;;;/h6,8-9,20,23H,4-5,10-17,26H2,1-3H3,(H,27,30)(H,32,33);10H,4-9H2,1-3H3;5H2,1-4H3;4H,1-3H3;3H2,1-2H3;2H2,1H3;3*1H3;. The van der Waals surface area contributed by atoms with E-state index in [0.717, 1.165) is 29.9 Å². The third kappa shape index (κ3) is 47.6. The molecule has 1 amide bonds. The molecule has 0 radical (unpaired) electrons. The number of amides is 1. The first-order valence-corrected chi connectivity index (χ1v) is 36.0. The zero-order valence-corrected chi connectivity index (χ0v) is 51.0. The normalized spacial score (nSPS) is 12.2. The number of carboxylic acids is 1. The predicted octanol–water partition coefficient (Wildman–Crippen LogP) is 10.6. The number of rotatable bonds is 26. The Kier molecular flexibility index (Phi) is 49.6. The van der Waals surface area contributed by atoms with Gasteiger partial charge in [-0.3, -0.25) is 14.4 Å². The number of benzene rings is 1. The van der Waals surface area contributed by atoms with Crippen molar-refractivity contribution < 1.29 is 43.3 Å². The van der Waals surface area contributed by atoms with Crippen molar-refractivity contribution in [2.45, 2.75) is 218 Å². The van der Waals surface area contributed by atoms with Gasteiger partial charge >= 0.3 is 201 Å². The first-order chi connectivity index (χ1) is 32.1. The Morgan fingerprint density at radius 3 is 1.77 bits per heavy atom. The number of esters is 2. The van der Waals surface area contributed by atoms with E-state index in [1.165, 1.54) is 62.7 Å². The van der Waals surface area contributed by atoms with Crippen molar-refractivity contribution in [1.82, 2.24) is 15.1 Å². The monoisotopic (exact) mass is 1110 g/mol. The molecular formula is C53H106ClN5O9Sn. The van der Waals surface area contributed by atoms with Crippen LogP contribution in [0.4, 0.5) is 0 Å². The summed E-state index contributed by atoms with van der Waals surface area (Å²) in [7, 11) is 2.86. The van der Waals surface area contributed by atoms with E-state index < -0.39 is 35.9 Å². The van der Waals surface area contributed by atoms with Crippen molar-refractivity contribution in [2.75, 3.05) is 46.9 Å². The summed E-state index contributed by atoms with van der Waals surface area (Å²) in [5.74, 6) is -0.623. The van der Waals surface area contributed by atoms with Crippen molar-refractivity contribution in [1.29, 1.82) is 0 Å². The van der Waals surface area contributed by atoms with Crippen LogP contribution in [-0.2, 0) is 44.7 Å². The quantitative estimate of drug-likeness (QED) is 0.0130. The maximum absolute atomic E-state index is 12.8. The Labute approximate surface area is 431 Å². The van der Waals surface area contributed by atoms with E-state index in [2.05, 4.69) is 71.3 Å². The summed E-state index contributed by atoms with van der Waals surface area (Å²) in [5.41, 5.74) is 11.1. The van der Waals surface area contributed by atoms with E-state index in [9.17, 15) is 29.1 Å². The van der Waals surface area contributed by atoms with E-state index in [4.69, 9.17) is 26.8 Å². The average molecular weight is 1110 g/mol. The summed E-state index contributed by atoms with van der Waals surface area (Å²) in [6, 6.07) is 5.16. The number of hydrogen-bond donors (Lipinski definition) is 4. The fraction of sp³-hybridized carbons (Fsp3) is 0.792. The van der Waals surface area contributed by atoms with Crippen LogP contribution in [0.25, 0.3) is 0 Å².